The zero-order chi connectivity index (χ0) is 14.7. The molecule has 0 aliphatic carbocycles. The molecule has 0 radical (unpaired) electrons. The Bertz CT molecular complexity index is 484. The number of hydrogen-bond acceptors (Lipinski definition) is 4. The number of nitro benzene ring substituents is 1. The monoisotopic (exact) mass is 277 g/mol. The number of rotatable bonds is 4. The smallest absolute Gasteiger partial charge is 0.272 e. The van der Waals surface area contributed by atoms with E-state index in [0.29, 0.717) is 11.6 Å². The predicted octanol–water partition coefficient (Wildman–Crippen LogP) is 2.65. The minimum atomic E-state index is -0.298. The van der Waals surface area contributed by atoms with Gasteiger partial charge in [-0.1, -0.05) is 12.1 Å². The average molecular weight is 277 g/mol. The molecule has 0 spiro atoms. The Morgan fingerprint density at radius 1 is 1.50 bits per heavy atom. The van der Waals surface area contributed by atoms with E-state index in [2.05, 4.69) is 24.2 Å². The number of aryl methyl sites for hydroxylation is 1. The minimum absolute atomic E-state index is 0.180. The lowest BCUT2D eigenvalue weighted by Gasteiger charge is -2.36. The van der Waals surface area contributed by atoms with Crippen molar-refractivity contribution < 1.29 is 4.92 Å². The van der Waals surface area contributed by atoms with E-state index in [0.717, 1.165) is 18.7 Å². The number of hydrogen-bond donors (Lipinski definition) is 1. The van der Waals surface area contributed by atoms with Crippen molar-refractivity contribution >= 4 is 5.69 Å². The number of nitrogens with one attached hydrogen (secondary N) is 1. The van der Waals surface area contributed by atoms with Gasteiger partial charge in [0.25, 0.3) is 5.69 Å². The summed E-state index contributed by atoms with van der Waals surface area (Å²) < 4.78 is 0. The van der Waals surface area contributed by atoms with Crippen LogP contribution >= 0.6 is 0 Å². The molecule has 0 aromatic heterocycles. The summed E-state index contributed by atoms with van der Waals surface area (Å²) in [7, 11) is 2.11. The van der Waals surface area contributed by atoms with Crippen LogP contribution in [0.25, 0.3) is 0 Å². The molecule has 2 atom stereocenters. The van der Waals surface area contributed by atoms with E-state index in [1.165, 1.54) is 12.8 Å². The molecule has 5 nitrogen and oxygen atoms in total. The van der Waals surface area contributed by atoms with Crippen LogP contribution in [0.1, 0.15) is 36.9 Å². The summed E-state index contributed by atoms with van der Waals surface area (Å²) in [5.74, 6) is 0. The third-order valence-electron chi connectivity index (χ3n) is 4.37. The van der Waals surface area contributed by atoms with Gasteiger partial charge >= 0.3 is 0 Å². The Hall–Kier alpha value is -1.46. The largest absolute Gasteiger partial charge is 0.315 e. The minimum Gasteiger partial charge on any atom is -0.315 e. The highest BCUT2D eigenvalue weighted by atomic mass is 16.6. The first kappa shape index (κ1) is 14.9. The molecule has 0 bridgehead atoms. The van der Waals surface area contributed by atoms with Crippen molar-refractivity contribution in [3.63, 3.8) is 0 Å². The normalized spacial score (nSPS) is 20.9. The van der Waals surface area contributed by atoms with Gasteiger partial charge in [-0.3, -0.25) is 15.0 Å². The van der Waals surface area contributed by atoms with Crippen molar-refractivity contribution in [2.75, 3.05) is 20.1 Å². The molecule has 2 unspecified atom stereocenters. The Morgan fingerprint density at radius 2 is 2.25 bits per heavy atom. The second-order valence-corrected chi connectivity index (χ2v) is 5.64. The standard InChI is InChI=1S/C15H23N3O2/c1-11-6-7-13(9-15(11)18(19)20)12(2)17(3)14-5-4-8-16-10-14/h6-7,9,12,14,16H,4-5,8,10H2,1-3H3. The second kappa shape index (κ2) is 6.33. The first-order chi connectivity index (χ1) is 9.50. The summed E-state index contributed by atoms with van der Waals surface area (Å²) in [6.07, 6.45) is 2.37. The summed E-state index contributed by atoms with van der Waals surface area (Å²) in [6, 6.07) is 6.24. The van der Waals surface area contributed by atoms with Crippen LogP contribution in [-0.2, 0) is 0 Å². The molecule has 0 amide bonds. The van der Waals surface area contributed by atoms with Gasteiger partial charge in [-0.15, -0.1) is 0 Å². The Kier molecular flexibility index (Phi) is 4.73. The number of piperidine rings is 1. The van der Waals surface area contributed by atoms with Gasteiger partial charge in [-0.05, 0) is 45.8 Å². The molecule has 110 valence electrons. The van der Waals surface area contributed by atoms with Gasteiger partial charge in [0, 0.05) is 30.3 Å². The predicted molar refractivity (Wildman–Crippen MR) is 79.9 cm³/mol. The van der Waals surface area contributed by atoms with Crippen LogP contribution in [0.2, 0.25) is 0 Å². The average Bonchev–Trinajstić information content (AvgIpc) is 2.47. The number of benzene rings is 1. The molecule has 0 saturated carbocycles. The van der Waals surface area contributed by atoms with Crippen molar-refractivity contribution in [2.24, 2.45) is 0 Å². The molecule has 20 heavy (non-hydrogen) atoms. The summed E-state index contributed by atoms with van der Waals surface area (Å²) in [6.45, 7) is 5.98. The van der Waals surface area contributed by atoms with Gasteiger partial charge in [0.05, 0.1) is 4.92 Å². The third-order valence-corrected chi connectivity index (χ3v) is 4.37. The molecule has 1 N–H and O–H groups in total. The molecule has 1 heterocycles. The topological polar surface area (TPSA) is 58.4 Å². The highest BCUT2D eigenvalue weighted by Crippen LogP contribution is 2.28. The molecule has 1 fully saturated rings. The molecule has 1 aromatic rings. The highest BCUT2D eigenvalue weighted by molar-refractivity contribution is 5.43. The zero-order valence-electron chi connectivity index (χ0n) is 12.4. The fourth-order valence-corrected chi connectivity index (χ4v) is 2.82. The van der Waals surface area contributed by atoms with Crippen LogP contribution in [0.4, 0.5) is 5.69 Å². The van der Waals surface area contributed by atoms with Gasteiger partial charge in [0.2, 0.25) is 0 Å². The third kappa shape index (κ3) is 3.16. The second-order valence-electron chi connectivity index (χ2n) is 5.64. The molecule has 1 saturated heterocycles. The molecule has 2 rings (SSSR count). The molecule has 1 aliphatic heterocycles. The molecule has 1 aliphatic rings. The van der Waals surface area contributed by atoms with Gasteiger partial charge in [-0.25, -0.2) is 0 Å². The van der Waals surface area contributed by atoms with E-state index in [-0.39, 0.29) is 16.7 Å². The maximum Gasteiger partial charge on any atom is 0.272 e. The highest BCUT2D eigenvalue weighted by Gasteiger charge is 2.24. The first-order valence-electron chi connectivity index (χ1n) is 7.18. The number of nitro groups is 1. The lowest BCUT2D eigenvalue weighted by molar-refractivity contribution is -0.385. The van der Waals surface area contributed by atoms with Crippen molar-refractivity contribution in [1.82, 2.24) is 10.2 Å². The van der Waals surface area contributed by atoms with Gasteiger partial charge in [-0.2, -0.15) is 0 Å². The van der Waals surface area contributed by atoms with E-state index in [9.17, 15) is 10.1 Å². The summed E-state index contributed by atoms with van der Waals surface area (Å²) in [4.78, 5) is 13.1. The van der Waals surface area contributed by atoms with Gasteiger partial charge in [0.15, 0.2) is 0 Å². The van der Waals surface area contributed by atoms with Gasteiger partial charge in [0.1, 0.15) is 0 Å². The fraction of sp³-hybridized carbons (Fsp3) is 0.600. The van der Waals surface area contributed by atoms with E-state index in [4.69, 9.17) is 0 Å². The lowest BCUT2D eigenvalue weighted by atomic mass is 10.00. The van der Waals surface area contributed by atoms with Crippen molar-refractivity contribution in [2.45, 2.75) is 38.8 Å². The Morgan fingerprint density at radius 3 is 2.85 bits per heavy atom. The van der Waals surface area contributed by atoms with Crippen LogP contribution in [0.15, 0.2) is 18.2 Å². The van der Waals surface area contributed by atoms with E-state index in [1.807, 2.05) is 12.1 Å². The quantitative estimate of drug-likeness (QED) is 0.679. The molecular weight excluding hydrogens is 254 g/mol. The molecular formula is C15H23N3O2. The summed E-state index contributed by atoms with van der Waals surface area (Å²) in [5.41, 5.74) is 1.94. The van der Waals surface area contributed by atoms with Crippen molar-refractivity contribution in [3.05, 3.63) is 39.4 Å². The van der Waals surface area contributed by atoms with E-state index >= 15 is 0 Å². The Balaban J connectivity index is 2.17. The van der Waals surface area contributed by atoms with Crippen molar-refractivity contribution in [3.8, 4) is 0 Å². The lowest BCUT2D eigenvalue weighted by Crippen LogP contribution is -2.45. The number of likely N-dealkylation sites (N-methyl/N-ethyl adjacent to an activating group) is 1. The summed E-state index contributed by atoms with van der Waals surface area (Å²) in [5, 5.41) is 14.5. The number of nitrogens with zero attached hydrogens (tertiary/aromatic N) is 2. The van der Waals surface area contributed by atoms with E-state index in [1.54, 1.807) is 13.0 Å². The van der Waals surface area contributed by atoms with Crippen LogP contribution in [0.3, 0.4) is 0 Å². The van der Waals surface area contributed by atoms with Crippen molar-refractivity contribution in [1.29, 1.82) is 0 Å². The van der Waals surface area contributed by atoms with Crippen LogP contribution in [-0.4, -0.2) is 36.0 Å². The molecule has 5 heteroatoms. The SMILES string of the molecule is Cc1ccc(C(C)N(C)C2CCCNC2)cc1[N+](=O)[O-]. The van der Waals surface area contributed by atoms with Crippen LogP contribution in [0.5, 0.6) is 0 Å². The van der Waals surface area contributed by atoms with Crippen LogP contribution in [0, 0.1) is 17.0 Å². The van der Waals surface area contributed by atoms with Crippen LogP contribution < -0.4 is 5.32 Å². The van der Waals surface area contributed by atoms with Gasteiger partial charge < -0.3 is 5.32 Å². The van der Waals surface area contributed by atoms with E-state index < -0.39 is 0 Å². The molecule has 1 aromatic carbocycles. The maximum atomic E-state index is 11.1. The zero-order valence-corrected chi connectivity index (χ0v) is 12.4. The summed E-state index contributed by atoms with van der Waals surface area (Å²) >= 11 is 0. The maximum absolute atomic E-state index is 11.1. The fourth-order valence-electron chi connectivity index (χ4n) is 2.82. The first-order valence-corrected chi connectivity index (χ1v) is 7.18. The Labute approximate surface area is 120 Å².